The molecule has 136 valence electrons. The molecule has 0 radical (unpaired) electrons. The zero-order valence-corrected chi connectivity index (χ0v) is 14.3. The van der Waals surface area contributed by atoms with E-state index in [1.807, 2.05) is 0 Å². The van der Waals surface area contributed by atoms with Gasteiger partial charge in [0, 0.05) is 6.54 Å². The van der Waals surface area contributed by atoms with Gasteiger partial charge in [0.15, 0.2) is 9.84 Å². The zero-order valence-electron chi connectivity index (χ0n) is 13.5. The van der Waals surface area contributed by atoms with Gasteiger partial charge in [0.2, 0.25) is 5.91 Å². The topological polar surface area (TPSA) is 54.5 Å². The fourth-order valence-corrected chi connectivity index (χ4v) is 3.45. The van der Waals surface area contributed by atoms with E-state index in [2.05, 4.69) is 0 Å². The summed E-state index contributed by atoms with van der Waals surface area (Å²) in [5.41, 5.74) is 0. The molecule has 0 aliphatic heterocycles. The number of halogens is 4. The molecule has 24 heavy (non-hydrogen) atoms. The van der Waals surface area contributed by atoms with Crippen molar-refractivity contribution in [1.29, 1.82) is 0 Å². The van der Waals surface area contributed by atoms with Crippen LogP contribution in [0.15, 0.2) is 29.2 Å². The van der Waals surface area contributed by atoms with Crippen molar-refractivity contribution in [3.63, 3.8) is 0 Å². The van der Waals surface area contributed by atoms with Crippen molar-refractivity contribution in [1.82, 2.24) is 4.90 Å². The normalized spacial score (nSPS) is 13.8. The lowest BCUT2D eigenvalue weighted by Crippen LogP contribution is -2.47. The predicted molar refractivity (Wildman–Crippen MR) is 80.5 cm³/mol. The Hall–Kier alpha value is -1.64. The molecule has 0 aromatic heterocycles. The average Bonchev–Trinajstić information content (AvgIpc) is 2.43. The van der Waals surface area contributed by atoms with E-state index in [4.69, 9.17) is 0 Å². The Morgan fingerprint density at radius 2 is 1.62 bits per heavy atom. The number of alkyl halides is 3. The third-order valence-corrected chi connectivity index (χ3v) is 5.28. The third kappa shape index (κ3) is 5.47. The highest BCUT2D eigenvalue weighted by atomic mass is 32.2. The van der Waals surface area contributed by atoms with Crippen LogP contribution in [0.2, 0.25) is 0 Å². The molecule has 9 heteroatoms. The van der Waals surface area contributed by atoms with E-state index in [1.54, 1.807) is 13.8 Å². The Labute approximate surface area is 138 Å². The number of hydrogen-bond donors (Lipinski definition) is 0. The number of benzene rings is 1. The first-order valence-electron chi connectivity index (χ1n) is 7.19. The lowest BCUT2D eigenvalue weighted by atomic mass is 10.2. The molecule has 1 unspecified atom stereocenters. The van der Waals surface area contributed by atoms with Gasteiger partial charge in [-0.15, -0.1) is 0 Å². The molecule has 0 aliphatic carbocycles. The molecule has 0 aliphatic rings. The maximum atomic E-state index is 12.9. The van der Waals surface area contributed by atoms with E-state index < -0.39 is 39.5 Å². The molecule has 0 fully saturated rings. The van der Waals surface area contributed by atoms with Crippen LogP contribution in [0.4, 0.5) is 17.6 Å². The lowest BCUT2D eigenvalue weighted by molar-refractivity contribution is -0.161. The van der Waals surface area contributed by atoms with Crippen molar-refractivity contribution in [3.05, 3.63) is 30.1 Å². The summed E-state index contributed by atoms with van der Waals surface area (Å²) in [5, 5.41) is -1.70. The summed E-state index contributed by atoms with van der Waals surface area (Å²) in [6.07, 6.45) is -4.64. The van der Waals surface area contributed by atoms with Crippen LogP contribution in [0, 0.1) is 11.7 Å². The van der Waals surface area contributed by atoms with E-state index >= 15 is 0 Å². The Morgan fingerprint density at radius 1 is 1.12 bits per heavy atom. The molecule has 0 heterocycles. The quantitative estimate of drug-likeness (QED) is 0.572. The van der Waals surface area contributed by atoms with Crippen LogP contribution in [0.5, 0.6) is 0 Å². The summed E-state index contributed by atoms with van der Waals surface area (Å²) < 4.78 is 75.7. The number of rotatable bonds is 6. The number of sulfone groups is 1. The SMILES string of the molecule is CC(C)CN(CC(F)(F)F)C(=O)C(C)S(=O)(=O)c1ccc(F)cc1. The molecule has 1 rings (SSSR count). The first kappa shape index (κ1) is 20.4. The van der Waals surface area contributed by atoms with E-state index in [9.17, 15) is 30.8 Å². The summed E-state index contributed by atoms with van der Waals surface area (Å²) in [6.45, 7) is 2.53. The molecule has 1 aromatic carbocycles. The molecular weight excluding hydrogens is 350 g/mol. The summed E-state index contributed by atoms with van der Waals surface area (Å²) in [5.74, 6) is -2.06. The maximum absolute atomic E-state index is 12.9. The number of amides is 1. The van der Waals surface area contributed by atoms with Gasteiger partial charge in [-0.25, -0.2) is 12.8 Å². The number of nitrogens with zero attached hydrogens (tertiary/aromatic N) is 1. The second-order valence-electron chi connectivity index (χ2n) is 5.87. The second kappa shape index (κ2) is 7.50. The largest absolute Gasteiger partial charge is 0.406 e. The highest BCUT2D eigenvalue weighted by molar-refractivity contribution is 7.92. The van der Waals surface area contributed by atoms with Crippen molar-refractivity contribution < 1.29 is 30.8 Å². The van der Waals surface area contributed by atoms with Gasteiger partial charge in [-0.1, -0.05) is 13.8 Å². The van der Waals surface area contributed by atoms with Crippen LogP contribution >= 0.6 is 0 Å². The van der Waals surface area contributed by atoms with Gasteiger partial charge in [-0.05, 0) is 37.1 Å². The number of carbonyl (C=O) groups excluding carboxylic acids is 1. The van der Waals surface area contributed by atoms with E-state index in [1.165, 1.54) is 0 Å². The Bertz CT molecular complexity index is 669. The van der Waals surface area contributed by atoms with E-state index in [0.29, 0.717) is 4.90 Å². The minimum Gasteiger partial charge on any atom is -0.332 e. The molecule has 0 N–H and O–H groups in total. The first-order valence-corrected chi connectivity index (χ1v) is 8.74. The molecule has 1 atom stereocenters. The van der Waals surface area contributed by atoms with Crippen molar-refractivity contribution in [2.75, 3.05) is 13.1 Å². The average molecular weight is 369 g/mol. The molecule has 1 amide bonds. The molecule has 0 spiro atoms. The van der Waals surface area contributed by atoms with Crippen molar-refractivity contribution in [3.8, 4) is 0 Å². The molecule has 0 saturated heterocycles. The summed E-state index contributed by atoms with van der Waals surface area (Å²) in [7, 11) is -4.22. The summed E-state index contributed by atoms with van der Waals surface area (Å²) in [4.78, 5) is 12.5. The lowest BCUT2D eigenvalue weighted by Gasteiger charge is -2.28. The van der Waals surface area contributed by atoms with Gasteiger partial charge in [0.05, 0.1) is 4.90 Å². The van der Waals surface area contributed by atoms with E-state index in [-0.39, 0.29) is 17.4 Å². The maximum Gasteiger partial charge on any atom is 0.406 e. The second-order valence-corrected chi connectivity index (χ2v) is 8.14. The number of hydrogen-bond acceptors (Lipinski definition) is 3. The van der Waals surface area contributed by atoms with Gasteiger partial charge in [-0.3, -0.25) is 4.79 Å². The monoisotopic (exact) mass is 369 g/mol. The highest BCUT2D eigenvalue weighted by Crippen LogP contribution is 2.22. The van der Waals surface area contributed by atoms with Crippen LogP contribution in [-0.2, 0) is 14.6 Å². The predicted octanol–water partition coefficient (Wildman–Crippen LogP) is 3.03. The molecule has 0 saturated carbocycles. The van der Waals surface area contributed by atoms with Crippen LogP contribution in [0.25, 0.3) is 0 Å². The minimum atomic E-state index is -4.64. The molecule has 1 aromatic rings. The van der Waals surface area contributed by atoms with E-state index in [0.717, 1.165) is 31.2 Å². The highest BCUT2D eigenvalue weighted by Gasteiger charge is 2.38. The fraction of sp³-hybridized carbons (Fsp3) is 0.533. The van der Waals surface area contributed by atoms with Crippen molar-refractivity contribution in [2.45, 2.75) is 37.1 Å². The zero-order chi connectivity index (χ0) is 18.7. The van der Waals surface area contributed by atoms with Crippen LogP contribution in [0.1, 0.15) is 20.8 Å². The third-order valence-electron chi connectivity index (χ3n) is 3.22. The van der Waals surface area contributed by atoms with Crippen LogP contribution in [-0.4, -0.2) is 43.7 Å². The Kier molecular flexibility index (Phi) is 6.38. The summed E-state index contributed by atoms with van der Waals surface area (Å²) in [6, 6.07) is 3.77. The minimum absolute atomic E-state index is 0.221. The fourth-order valence-electron chi connectivity index (χ4n) is 2.11. The smallest absolute Gasteiger partial charge is 0.332 e. The first-order chi connectivity index (χ1) is 10.8. The van der Waals surface area contributed by atoms with Crippen molar-refractivity contribution >= 4 is 15.7 Å². The molecule has 4 nitrogen and oxygen atoms in total. The van der Waals surface area contributed by atoms with Crippen LogP contribution in [0.3, 0.4) is 0 Å². The van der Waals surface area contributed by atoms with Gasteiger partial charge >= 0.3 is 6.18 Å². The van der Waals surface area contributed by atoms with Gasteiger partial charge < -0.3 is 4.90 Å². The number of carbonyl (C=O) groups is 1. The summed E-state index contributed by atoms with van der Waals surface area (Å²) >= 11 is 0. The van der Waals surface area contributed by atoms with Gasteiger partial charge in [0.1, 0.15) is 17.6 Å². The van der Waals surface area contributed by atoms with Crippen molar-refractivity contribution in [2.24, 2.45) is 5.92 Å². The standard InChI is InChI=1S/C15H19F4NO3S/c1-10(2)8-20(9-15(17,18)19)14(21)11(3)24(22,23)13-6-4-12(16)5-7-13/h4-7,10-11H,8-9H2,1-3H3. The van der Waals surface area contributed by atoms with Crippen LogP contribution < -0.4 is 0 Å². The Morgan fingerprint density at radius 3 is 2.04 bits per heavy atom. The molecular formula is C15H19F4NO3S. The Balaban J connectivity index is 3.10. The van der Waals surface area contributed by atoms with Gasteiger partial charge in [0.25, 0.3) is 0 Å². The molecule has 0 bridgehead atoms. The van der Waals surface area contributed by atoms with Gasteiger partial charge in [-0.2, -0.15) is 13.2 Å².